The number of aryl methyl sites for hydroxylation is 1. The summed E-state index contributed by atoms with van der Waals surface area (Å²) in [5.74, 6) is 0.142. The Kier molecular flexibility index (Phi) is 5.17. The van der Waals surface area contributed by atoms with E-state index >= 15 is 0 Å². The first-order chi connectivity index (χ1) is 13.8. The lowest BCUT2D eigenvalue weighted by Crippen LogP contribution is -2.29. The smallest absolute Gasteiger partial charge is 0.254 e. The Morgan fingerprint density at radius 2 is 1.69 bits per heavy atom. The monoisotopic (exact) mass is 407 g/mol. The van der Waals surface area contributed by atoms with E-state index in [4.69, 9.17) is 0 Å². The molecule has 0 aromatic heterocycles. The minimum Gasteiger partial charge on any atom is -0.338 e. The second-order valence-electron chi connectivity index (χ2n) is 8.07. The number of likely N-dealkylation sites (tertiary alicyclic amines) is 1. The summed E-state index contributed by atoms with van der Waals surface area (Å²) >= 11 is 0. The fraction of sp³-hybridized carbons (Fsp3) is 0.292. The van der Waals surface area contributed by atoms with Gasteiger partial charge in [0.05, 0.1) is 5.75 Å². The van der Waals surface area contributed by atoms with Crippen LogP contribution in [0.2, 0.25) is 0 Å². The van der Waals surface area contributed by atoms with Crippen molar-refractivity contribution in [2.75, 3.05) is 25.1 Å². The molecule has 1 saturated heterocycles. The number of hydrogen-bond acceptors (Lipinski definition) is 3. The van der Waals surface area contributed by atoms with Crippen molar-refractivity contribution in [1.82, 2.24) is 4.90 Å². The topological polar surface area (TPSA) is 54.5 Å². The fourth-order valence-corrected chi connectivity index (χ4v) is 5.36. The lowest BCUT2D eigenvalue weighted by atomic mass is 9.95. The van der Waals surface area contributed by atoms with Gasteiger partial charge in [0.2, 0.25) is 0 Å². The largest absolute Gasteiger partial charge is 0.338 e. The lowest BCUT2D eigenvalue weighted by molar-refractivity contribution is 0.0790. The van der Waals surface area contributed by atoms with Crippen molar-refractivity contribution in [2.45, 2.75) is 13.3 Å². The first-order valence-electron chi connectivity index (χ1n) is 9.87. The number of fused-ring (bicyclic) bond motifs is 1. The summed E-state index contributed by atoms with van der Waals surface area (Å²) < 4.78 is 23.2. The molecule has 150 valence electrons. The fourth-order valence-electron chi connectivity index (χ4n) is 4.23. The van der Waals surface area contributed by atoms with Crippen LogP contribution in [0.15, 0.2) is 60.7 Å². The van der Waals surface area contributed by atoms with Gasteiger partial charge in [-0.25, -0.2) is 8.42 Å². The van der Waals surface area contributed by atoms with Crippen molar-refractivity contribution >= 4 is 26.5 Å². The van der Waals surface area contributed by atoms with E-state index in [9.17, 15) is 13.2 Å². The summed E-state index contributed by atoms with van der Waals surface area (Å²) in [7, 11) is -3.03. The van der Waals surface area contributed by atoms with Crippen molar-refractivity contribution in [3.8, 4) is 11.1 Å². The maximum atomic E-state index is 13.2. The molecular weight excluding hydrogens is 382 g/mol. The van der Waals surface area contributed by atoms with E-state index in [-0.39, 0.29) is 17.6 Å². The molecule has 0 saturated carbocycles. The first-order valence-corrected chi connectivity index (χ1v) is 11.9. The Balaban J connectivity index is 1.67. The van der Waals surface area contributed by atoms with Crippen molar-refractivity contribution in [2.24, 2.45) is 5.92 Å². The average molecular weight is 408 g/mol. The molecule has 1 aliphatic heterocycles. The second kappa shape index (κ2) is 7.64. The van der Waals surface area contributed by atoms with Crippen LogP contribution in [0.4, 0.5) is 0 Å². The highest BCUT2D eigenvalue weighted by Crippen LogP contribution is 2.32. The number of amides is 1. The molecule has 0 radical (unpaired) electrons. The maximum absolute atomic E-state index is 13.2. The van der Waals surface area contributed by atoms with Gasteiger partial charge in [0.1, 0.15) is 9.84 Å². The van der Waals surface area contributed by atoms with Gasteiger partial charge >= 0.3 is 0 Å². The molecule has 1 fully saturated rings. The summed E-state index contributed by atoms with van der Waals surface area (Å²) in [6, 6.07) is 20.3. The van der Waals surface area contributed by atoms with Gasteiger partial charge in [-0.05, 0) is 47.2 Å². The normalized spacial score (nSPS) is 17.0. The van der Waals surface area contributed by atoms with E-state index in [0.29, 0.717) is 18.7 Å². The molecule has 1 aliphatic rings. The number of rotatable bonds is 4. The van der Waals surface area contributed by atoms with Crippen LogP contribution in [0.3, 0.4) is 0 Å². The summed E-state index contributed by atoms with van der Waals surface area (Å²) in [6.45, 7) is 3.17. The van der Waals surface area contributed by atoms with Crippen LogP contribution in [0.5, 0.6) is 0 Å². The molecule has 1 atom stereocenters. The number of hydrogen-bond donors (Lipinski definition) is 0. The molecule has 29 heavy (non-hydrogen) atoms. The van der Waals surface area contributed by atoms with Crippen LogP contribution < -0.4 is 0 Å². The molecule has 5 heteroatoms. The summed E-state index contributed by atoms with van der Waals surface area (Å²) in [4.78, 5) is 15.0. The number of nitrogens with zero attached hydrogens (tertiary/aromatic N) is 1. The third-order valence-corrected chi connectivity index (χ3v) is 6.70. The van der Waals surface area contributed by atoms with Gasteiger partial charge in [-0.15, -0.1) is 0 Å². The summed E-state index contributed by atoms with van der Waals surface area (Å²) in [5, 5.41) is 1.98. The van der Waals surface area contributed by atoms with Crippen molar-refractivity contribution < 1.29 is 13.2 Å². The highest BCUT2D eigenvalue weighted by atomic mass is 32.2. The molecule has 3 aromatic carbocycles. The molecule has 1 heterocycles. The molecule has 0 spiro atoms. The number of benzene rings is 3. The van der Waals surface area contributed by atoms with Crippen molar-refractivity contribution in [3.63, 3.8) is 0 Å². The molecule has 4 rings (SSSR count). The summed E-state index contributed by atoms with van der Waals surface area (Å²) in [5.41, 5.74) is 4.12. The van der Waals surface area contributed by atoms with Gasteiger partial charge in [0, 0.05) is 24.9 Å². The number of carbonyl (C=O) groups is 1. The van der Waals surface area contributed by atoms with Crippen LogP contribution in [-0.4, -0.2) is 44.3 Å². The third kappa shape index (κ3) is 4.20. The second-order valence-corrected chi connectivity index (χ2v) is 10.3. The predicted octanol–water partition coefficient (Wildman–Crippen LogP) is 4.32. The molecule has 0 aliphatic carbocycles. The van der Waals surface area contributed by atoms with Gasteiger partial charge in [-0.1, -0.05) is 60.2 Å². The zero-order valence-electron chi connectivity index (χ0n) is 16.8. The Bertz CT molecular complexity index is 1170. The molecule has 1 unspecified atom stereocenters. The Labute approximate surface area is 172 Å². The number of sulfone groups is 1. The third-order valence-electron chi connectivity index (χ3n) is 5.63. The van der Waals surface area contributed by atoms with E-state index in [1.807, 2.05) is 24.3 Å². The van der Waals surface area contributed by atoms with E-state index in [1.165, 1.54) is 11.8 Å². The van der Waals surface area contributed by atoms with E-state index in [1.54, 1.807) is 4.90 Å². The summed E-state index contributed by atoms with van der Waals surface area (Å²) in [6.07, 6.45) is 1.99. The zero-order chi connectivity index (χ0) is 20.6. The Morgan fingerprint density at radius 1 is 1.00 bits per heavy atom. The molecule has 0 bridgehead atoms. The zero-order valence-corrected chi connectivity index (χ0v) is 17.6. The van der Waals surface area contributed by atoms with Gasteiger partial charge < -0.3 is 4.90 Å². The standard InChI is InChI=1S/C24H25NO3S/c1-17-9-11-19(12-10-17)20-5-3-7-22-21(20)6-4-8-23(22)24(26)25-14-13-18(15-25)16-29(2,27)28/h3-12,18H,13-16H2,1-2H3. The molecule has 1 amide bonds. The van der Waals surface area contributed by atoms with Gasteiger partial charge in [-0.3, -0.25) is 4.79 Å². The molecule has 3 aromatic rings. The minimum absolute atomic E-state index is 0.0204. The average Bonchev–Trinajstić information content (AvgIpc) is 3.14. The SMILES string of the molecule is Cc1ccc(-c2cccc3c(C(=O)N4CCC(CS(C)(=O)=O)C4)cccc23)cc1. The quantitative estimate of drug-likeness (QED) is 0.647. The van der Waals surface area contributed by atoms with Crippen LogP contribution in [0.25, 0.3) is 21.9 Å². The van der Waals surface area contributed by atoms with Gasteiger partial charge in [-0.2, -0.15) is 0 Å². The van der Waals surface area contributed by atoms with Crippen LogP contribution in [-0.2, 0) is 9.84 Å². The Morgan fingerprint density at radius 3 is 2.41 bits per heavy atom. The van der Waals surface area contributed by atoms with Crippen molar-refractivity contribution in [3.05, 3.63) is 71.8 Å². The van der Waals surface area contributed by atoms with E-state index < -0.39 is 9.84 Å². The van der Waals surface area contributed by atoms with E-state index in [0.717, 1.165) is 28.3 Å². The lowest BCUT2D eigenvalue weighted by Gasteiger charge is -2.18. The van der Waals surface area contributed by atoms with Crippen molar-refractivity contribution in [1.29, 1.82) is 0 Å². The molecular formula is C24H25NO3S. The highest BCUT2D eigenvalue weighted by molar-refractivity contribution is 7.90. The van der Waals surface area contributed by atoms with E-state index in [2.05, 4.69) is 43.3 Å². The highest BCUT2D eigenvalue weighted by Gasteiger charge is 2.29. The number of carbonyl (C=O) groups excluding carboxylic acids is 1. The molecule has 0 N–H and O–H groups in total. The predicted molar refractivity (Wildman–Crippen MR) is 118 cm³/mol. The maximum Gasteiger partial charge on any atom is 0.254 e. The van der Waals surface area contributed by atoms with Crippen LogP contribution in [0.1, 0.15) is 22.3 Å². The minimum atomic E-state index is -3.03. The first kappa shape index (κ1) is 19.6. The van der Waals surface area contributed by atoms with Crippen LogP contribution >= 0.6 is 0 Å². The van der Waals surface area contributed by atoms with Gasteiger partial charge in [0.25, 0.3) is 5.91 Å². The Hall–Kier alpha value is -2.66. The van der Waals surface area contributed by atoms with Gasteiger partial charge in [0.15, 0.2) is 0 Å². The molecule has 4 nitrogen and oxygen atoms in total. The van der Waals surface area contributed by atoms with Crippen LogP contribution in [0, 0.1) is 12.8 Å².